The molecule has 0 bridgehead atoms. The monoisotopic (exact) mass is 364 g/mol. The minimum Gasteiger partial charge on any atom is -0.508 e. The second kappa shape index (κ2) is 8.54. The molecule has 1 N–H and O–H groups in total. The third-order valence-corrected chi connectivity index (χ3v) is 4.75. The lowest BCUT2D eigenvalue weighted by Crippen LogP contribution is -2.29. The van der Waals surface area contributed by atoms with Crippen LogP contribution in [-0.2, 0) is 11.2 Å². The Labute approximate surface area is 159 Å². The number of carbonyl (C=O) groups is 1. The van der Waals surface area contributed by atoms with Gasteiger partial charge in [-0.2, -0.15) is 0 Å². The molecule has 0 fully saturated rings. The average Bonchev–Trinajstić information content (AvgIpc) is 3.17. The van der Waals surface area contributed by atoms with Crippen LogP contribution < -0.4 is 0 Å². The second-order valence-corrected chi connectivity index (χ2v) is 6.58. The van der Waals surface area contributed by atoms with E-state index < -0.39 is 0 Å². The number of oxazole rings is 1. The normalized spacial score (nSPS) is 11.9. The molecule has 27 heavy (non-hydrogen) atoms. The number of aromatic hydroxyl groups is 1. The molecule has 0 aliphatic carbocycles. The van der Waals surface area contributed by atoms with Gasteiger partial charge in [-0.25, -0.2) is 4.98 Å². The molecule has 140 valence electrons. The zero-order chi connectivity index (χ0) is 19.2. The van der Waals surface area contributed by atoms with E-state index in [4.69, 9.17) is 4.42 Å². The molecule has 0 unspecified atom stereocenters. The van der Waals surface area contributed by atoms with E-state index in [1.165, 1.54) is 0 Å². The van der Waals surface area contributed by atoms with E-state index in [1.54, 1.807) is 30.3 Å². The predicted molar refractivity (Wildman–Crippen MR) is 104 cm³/mol. The summed E-state index contributed by atoms with van der Waals surface area (Å²) in [6.07, 6.45) is 3.39. The Bertz CT molecular complexity index is 889. The van der Waals surface area contributed by atoms with Gasteiger partial charge in [0.15, 0.2) is 11.7 Å². The van der Waals surface area contributed by atoms with Crippen LogP contribution in [0.1, 0.15) is 37.3 Å². The van der Waals surface area contributed by atoms with Crippen LogP contribution in [0.5, 0.6) is 5.75 Å². The number of aromatic nitrogens is 1. The first-order valence-corrected chi connectivity index (χ1v) is 9.10. The fraction of sp³-hybridized carbons (Fsp3) is 0.273. The topological polar surface area (TPSA) is 66.6 Å². The van der Waals surface area contributed by atoms with Gasteiger partial charge in [-0.3, -0.25) is 4.79 Å². The molecule has 0 aliphatic rings. The summed E-state index contributed by atoms with van der Waals surface area (Å²) in [7, 11) is 1.76. The van der Waals surface area contributed by atoms with Gasteiger partial charge < -0.3 is 14.4 Å². The summed E-state index contributed by atoms with van der Waals surface area (Å²) in [5.41, 5.74) is 1.73. The van der Waals surface area contributed by atoms with E-state index in [0.717, 1.165) is 16.9 Å². The SMILES string of the molecule is C[C@@H](c1ccccc1O)N(C)C(=O)CCCc1ncc(-c2ccccc2)o1. The van der Waals surface area contributed by atoms with Gasteiger partial charge >= 0.3 is 0 Å². The number of nitrogens with zero attached hydrogens (tertiary/aromatic N) is 2. The molecule has 5 nitrogen and oxygen atoms in total. The van der Waals surface area contributed by atoms with Gasteiger partial charge in [0.1, 0.15) is 5.75 Å². The Hall–Kier alpha value is -3.08. The van der Waals surface area contributed by atoms with Gasteiger partial charge in [-0.15, -0.1) is 0 Å². The first-order chi connectivity index (χ1) is 13.1. The van der Waals surface area contributed by atoms with Crippen LogP contribution in [0.4, 0.5) is 0 Å². The number of para-hydroxylation sites is 1. The number of phenols is 1. The van der Waals surface area contributed by atoms with E-state index in [0.29, 0.717) is 25.2 Å². The van der Waals surface area contributed by atoms with Crippen molar-refractivity contribution in [2.75, 3.05) is 7.05 Å². The summed E-state index contributed by atoms with van der Waals surface area (Å²) in [5.74, 6) is 1.61. The van der Waals surface area contributed by atoms with Crippen molar-refractivity contribution in [3.63, 3.8) is 0 Å². The van der Waals surface area contributed by atoms with Gasteiger partial charge in [0.05, 0.1) is 12.2 Å². The maximum absolute atomic E-state index is 12.5. The Balaban J connectivity index is 1.52. The molecule has 5 heteroatoms. The highest BCUT2D eigenvalue weighted by molar-refractivity contribution is 5.76. The fourth-order valence-electron chi connectivity index (χ4n) is 2.99. The Morgan fingerprint density at radius 1 is 1.15 bits per heavy atom. The minimum atomic E-state index is -0.190. The molecule has 0 saturated heterocycles. The lowest BCUT2D eigenvalue weighted by molar-refractivity contribution is -0.131. The maximum Gasteiger partial charge on any atom is 0.222 e. The summed E-state index contributed by atoms with van der Waals surface area (Å²) >= 11 is 0. The largest absolute Gasteiger partial charge is 0.508 e. The summed E-state index contributed by atoms with van der Waals surface area (Å²) in [5, 5.41) is 9.97. The van der Waals surface area contributed by atoms with Crippen LogP contribution in [0.2, 0.25) is 0 Å². The molecule has 2 aromatic carbocycles. The van der Waals surface area contributed by atoms with E-state index in [9.17, 15) is 9.90 Å². The highest BCUT2D eigenvalue weighted by atomic mass is 16.4. The molecule has 3 aromatic rings. The number of carbonyl (C=O) groups excluding carboxylic acids is 1. The van der Waals surface area contributed by atoms with Crippen molar-refractivity contribution in [2.24, 2.45) is 0 Å². The van der Waals surface area contributed by atoms with Crippen molar-refractivity contribution in [3.8, 4) is 17.1 Å². The quantitative estimate of drug-likeness (QED) is 0.666. The van der Waals surface area contributed by atoms with Gasteiger partial charge in [0.25, 0.3) is 0 Å². The van der Waals surface area contributed by atoms with Crippen LogP contribution in [-0.4, -0.2) is 27.9 Å². The van der Waals surface area contributed by atoms with Crippen molar-refractivity contribution < 1.29 is 14.3 Å². The molecule has 0 radical (unpaired) electrons. The van der Waals surface area contributed by atoms with E-state index in [1.807, 2.05) is 49.4 Å². The van der Waals surface area contributed by atoms with Crippen LogP contribution in [0.15, 0.2) is 65.2 Å². The second-order valence-electron chi connectivity index (χ2n) is 6.58. The molecule has 1 amide bonds. The molecule has 3 rings (SSSR count). The zero-order valence-electron chi connectivity index (χ0n) is 15.6. The van der Waals surface area contributed by atoms with Gasteiger partial charge in [-0.05, 0) is 19.4 Å². The summed E-state index contributed by atoms with van der Waals surface area (Å²) < 4.78 is 5.78. The maximum atomic E-state index is 12.5. The summed E-state index contributed by atoms with van der Waals surface area (Å²) in [6.45, 7) is 1.91. The smallest absolute Gasteiger partial charge is 0.222 e. The van der Waals surface area contributed by atoms with E-state index in [-0.39, 0.29) is 17.7 Å². The van der Waals surface area contributed by atoms with Crippen LogP contribution in [0, 0.1) is 0 Å². The van der Waals surface area contributed by atoms with E-state index >= 15 is 0 Å². The zero-order valence-corrected chi connectivity index (χ0v) is 15.6. The molecular weight excluding hydrogens is 340 g/mol. The fourth-order valence-corrected chi connectivity index (χ4v) is 2.99. The molecule has 1 heterocycles. The molecular formula is C22H24N2O3. The number of benzene rings is 2. The van der Waals surface area contributed by atoms with Gasteiger partial charge in [-0.1, -0.05) is 48.5 Å². The Morgan fingerprint density at radius 3 is 2.59 bits per heavy atom. The van der Waals surface area contributed by atoms with Gasteiger partial charge in [0.2, 0.25) is 5.91 Å². The van der Waals surface area contributed by atoms with Crippen LogP contribution >= 0.6 is 0 Å². The molecule has 0 aliphatic heterocycles. The van der Waals surface area contributed by atoms with E-state index in [2.05, 4.69) is 4.98 Å². The average molecular weight is 364 g/mol. The Kier molecular flexibility index (Phi) is 5.91. The lowest BCUT2D eigenvalue weighted by atomic mass is 10.1. The third kappa shape index (κ3) is 4.56. The number of rotatable bonds is 7. The first kappa shape index (κ1) is 18.7. The standard InChI is InChI=1S/C22H24N2O3/c1-16(18-11-6-7-12-19(18)25)24(2)22(26)14-8-13-21-23-15-20(27-21)17-9-4-3-5-10-17/h3-7,9-12,15-16,25H,8,13-14H2,1-2H3/t16-/m0/s1. The number of hydrogen-bond acceptors (Lipinski definition) is 4. The lowest BCUT2D eigenvalue weighted by Gasteiger charge is -2.26. The minimum absolute atomic E-state index is 0.0283. The predicted octanol–water partition coefficient (Wildman–Crippen LogP) is 4.59. The van der Waals surface area contributed by atoms with Crippen LogP contribution in [0.25, 0.3) is 11.3 Å². The van der Waals surface area contributed by atoms with Crippen molar-refractivity contribution in [1.29, 1.82) is 0 Å². The Morgan fingerprint density at radius 2 is 1.85 bits per heavy atom. The van der Waals surface area contributed by atoms with Crippen molar-refractivity contribution >= 4 is 5.91 Å². The van der Waals surface area contributed by atoms with Crippen LogP contribution in [0.3, 0.4) is 0 Å². The number of amides is 1. The molecule has 0 spiro atoms. The number of aryl methyl sites for hydroxylation is 1. The molecule has 0 saturated carbocycles. The number of phenolic OH excluding ortho intramolecular Hbond substituents is 1. The summed E-state index contributed by atoms with van der Waals surface area (Å²) in [4.78, 5) is 18.4. The highest BCUT2D eigenvalue weighted by Crippen LogP contribution is 2.27. The highest BCUT2D eigenvalue weighted by Gasteiger charge is 2.19. The summed E-state index contributed by atoms with van der Waals surface area (Å²) in [6, 6.07) is 16.7. The van der Waals surface area contributed by atoms with Crippen molar-refractivity contribution in [2.45, 2.75) is 32.2 Å². The third-order valence-electron chi connectivity index (χ3n) is 4.75. The van der Waals surface area contributed by atoms with Crippen molar-refractivity contribution in [3.05, 3.63) is 72.2 Å². The van der Waals surface area contributed by atoms with Crippen molar-refractivity contribution in [1.82, 2.24) is 9.88 Å². The van der Waals surface area contributed by atoms with Gasteiger partial charge in [0, 0.05) is 31.0 Å². The molecule has 1 atom stereocenters. The molecule has 1 aromatic heterocycles. The first-order valence-electron chi connectivity index (χ1n) is 9.10. The number of hydrogen-bond donors (Lipinski definition) is 1.